The second-order valence-electron chi connectivity index (χ2n) is 6.02. The Morgan fingerprint density at radius 2 is 1.96 bits per heavy atom. The van der Waals surface area contributed by atoms with Crippen LogP contribution in [-0.2, 0) is 9.59 Å². The highest BCUT2D eigenvalue weighted by molar-refractivity contribution is 6.08. The van der Waals surface area contributed by atoms with E-state index in [0.717, 1.165) is 18.4 Å². The minimum absolute atomic E-state index is 0.00443. The molecule has 3 amide bonds. The molecule has 0 radical (unpaired) electrons. The number of benzene rings is 1. The second kappa shape index (κ2) is 5.59. The Hall–Kier alpha value is -2.96. The van der Waals surface area contributed by atoms with Crippen molar-refractivity contribution >= 4 is 17.7 Å². The summed E-state index contributed by atoms with van der Waals surface area (Å²) < 4.78 is 5.27. The summed E-state index contributed by atoms with van der Waals surface area (Å²) in [6.07, 6.45) is 1.66. The molecule has 24 heavy (non-hydrogen) atoms. The standard InChI is InChI=1S/C17H15N3O4/c21-15-9-13(16(22)18-15)20(11-6-7-11)17(23)12-8-14(24-19-12)10-4-2-1-3-5-10/h1-5,8,11,13H,6-7,9H2,(H,18,21,22)/t13-/m0/s1. The number of carbonyl (C=O) groups excluding carboxylic acids is 3. The van der Waals surface area contributed by atoms with Gasteiger partial charge in [-0.1, -0.05) is 35.5 Å². The first-order chi connectivity index (χ1) is 11.6. The van der Waals surface area contributed by atoms with Gasteiger partial charge in [-0.25, -0.2) is 0 Å². The minimum atomic E-state index is -0.755. The SMILES string of the molecule is O=C1C[C@H](N(C(=O)c2cc(-c3ccccc3)on2)C2CC2)C(=O)N1. The quantitative estimate of drug-likeness (QED) is 0.857. The Labute approximate surface area is 137 Å². The van der Waals surface area contributed by atoms with E-state index in [1.807, 2.05) is 30.3 Å². The fourth-order valence-corrected chi connectivity index (χ4v) is 2.93. The van der Waals surface area contributed by atoms with Gasteiger partial charge in [-0.3, -0.25) is 19.7 Å². The molecule has 7 nitrogen and oxygen atoms in total. The molecule has 0 spiro atoms. The average Bonchev–Trinajstić information content (AvgIpc) is 3.18. The summed E-state index contributed by atoms with van der Waals surface area (Å²) in [6, 6.07) is 10.1. The van der Waals surface area contributed by atoms with Crippen molar-refractivity contribution in [2.75, 3.05) is 0 Å². The molecule has 2 heterocycles. The van der Waals surface area contributed by atoms with Crippen molar-refractivity contribution in [3.05, 3.63) is 42.1 Å². The molecule has 2 aromatic rings. The van der Waals surface area contributed by atoms with E-state index in [4.69, 9.17) is 4.52 Å². The molecule has 0 bridgehead atoms. The van der Waals surface area contributed by atoms with Gasteiger partial charge < -0.3 is 9.42 Å². The maximum atomic E-state index is 12.8. The van der Waals surface area contributed by atoms with Crippen LogP contribution in [0.1, 0.15) is 29.8 Å². The number of imide groups is 1. The van der Waals surface area contributed by atoms with Crippen molar-refractivity contribution in [1.29, 1.82) is 0 Å². The first kappa shape index (κ1) is 14.6. The Kier molecular flexibility index (Phi) is 3.41. The molecule has 1 atom stereocenters. The monoisotopic (exact) mass is 325 g/mol. The lowest BCUT2D eigenvalue weighted by molar-refractivity contribution is -0.126. The van der Waals surface area contributed by atoms with Crippen LogP contribution in [0.3, 0.4) is 0 Å². The summed E-state index contributed by atoms with van der Waals surface area (Å²) in [4.78, 5) is 37.7. The van der Waals surface area contributed by atoms with Gasteiger partial charge in [-0.2, -0.15) is 0 Å². The number of nitrogens with zero attached hydrogens (tertiary/aromatic N) is 2. The number of amides is 3. The number of carbonyl (C=O) groups is 3. The van der Waals surface area contributed by atoms with Gasteiger partial charge in [-0.05, 0) is 12.8 Å². The van der Waals surface area contributed by atoms with Crippen LogP contribution < -0.4 is 5.32 Å². The maximum absolute atomic E-state index is 12.8. The fourth-order valence-electron chi connectivity index (χ4n) is 2.93. The summed E-state index contributed by atoms with van der Waals surface area (Å²) in [5, 5.41) is 6.11. The predicted molar refractivity (Wildman–Crippen MR) is 82.7 cm³/mol. The molecular formula is C17H15N3O4. The van der Waals surface area contributed by atoms with Crippen LogP contribution in [0, 0.1) is 0 Å². The van der Waals surface area contributed by atoms with Crippen LogP contribution in [-0.4, -0.2) is 39.9 Å². The molecule has 0 unspecified atom stereocenters. The van der Waals surface area contributed by atoms with Crippen molar-refractivity contribution < 1.29 is 18.9 Å². The third-order valence-electron chi connectivity index (χ3n) is 4.24. The Morgan fingerprint density at radius 1 is 1.21 bits per heavy atom. The van der Waals surface area contributed by atoms with E-state index in [2.05, 4.69) is 10.5 Å². The number of nitrogens with one attached hydrogen (secondary N) is 1. The van der Waals surface area contributed by atoms with Crippen LogP contribution in [0.5, 0.6) is 0 Å². The van der Waals surface area contributed by atoms with Gasteiger partial charge >= 0.3 is 0 Å². The summed E-state index contributed by atoms with van der Waals surface area (Å²) in [6.45, 7) is 0. The zero-order valence-corrected chi connectivity index (χ0v) is 12.8. The molecule has 2 fully saturated rings. The second-order valence-corrected chi connectivity index (χ2v) is 6.02. The van der Waals surface area contributed by atoms with E-state index < -0.39 is 11.9 Å². The predicted octanol–water partition coefficient (Wildman–Crippen LogP) is 1.36. The van der Waals surface area contributed by atoms with Gasteiger partial charge in [0.1, 0.15) is 6.04 Å². The third kappa shape index (κ3) is 2.58. The molecule has 1 saturated heterocycles. The molecule has 4 rings (SSSR count). The lowest BCUT2D eigenvalue weighted by Crippen LogP contribution is -2.46. The van der Waals surface area contributed by atoms with Crippen molar-refractivity contribution in [2.45, 2.75) is 31.3 Å². The maximum Gasteiger partial charge on any atom is 0.277 e. The van der Waals surface area contributed by atoms with Gasteiger partial charge in [0.15, 0.2) is 11.5 Å². The first-order valence-corrected chi connectivity index (χ1v) is 7.82. The average molecular weight is 325 g/mol. The zero-order valence-electron chi connectivity index (χ0n) is 12.8. The van der Waals surface area contributed by atoms with E-state index in [1.54, 1.807) is 6.07 Å². The summed E-state index contributed by atoms with van der Waals surface area (Å²) in [7, 11) is 0. The van der Waals surface area contributed by atoms with Gasteiger partial charge in [0.05, 0.1) is 6.42 Å². The van der Waals surface area contributed by atoms with Crippen molar-refractivity contribution in [1.82, 2.24) is 15.4 Å². The molecule has 1 aliphatic heterocycles. The number of hydrogen-bond donors (Lipinski definition) is 1. The molecular weight excluding hydrogens is 310 g/mol. The molecule has 2 aliphatic rings. The van der Waals surface area contributed by atoms with E-state index in [-0.39, 0.29) is 30.0 Å². The molecule has 1 saturated carbocycles. The Bertz CT molecular complexity index is 810. The Morgan fingerprint density at radius 3 is 2.58 bits per heavy atom. The van der Waals surface area contributed by atoms with Gasteiger partial charge in [-0.15, -0.1) is 0 Å². The Balaban J connectivity index is 1.61. The zero-order chi connectivity index (χ0) is 16.7. The van der Waals surface area contributed by atoms with E-state index in [1.165, 1.54) is 4.90 Å². The first-order valence-electron chi connectivity index (χ1n) is 7.82. The molecule has 122 valence electrons. The normalized spacial score (nSPS) is 20.1. The number of hydrogen-bond acceptors (Lipinski definition) is 5. The van der Waals surface area contributed by atoms with Gasteiger partial charge in [0, 0.05) is 17.7 Å². The van der Waals surface area contributed by atoms with Crippen LogP contribution in [0.2, 0.25) is 0 Å². The number of rotatable bonds is 4. The molecule has 7 heteroatoms. The number of aromatic nitrogens is 1. The lowest BCUT2D eigenvalue weighted by Gasteiger charge is -2.25. The summed E-state index contributed by atoms with van der Waals surface area (Å²) in [5.74, 6) is -0.666. The lowest BCUT2D eigenvalue weighted by atomic mass is 10.1. The van der Waals surface area contributed by atoms with Crippen molar-refractivity contribution in [3.8, 4) is 11.3 Å². The smallest absolute Gasteiger partial charge is 0.277 e. The molecule has 1 N–H and O–H groups in total. The third-order valence-corrected chi connectivity index (χ3v) is 4.24. The van der Waals surface area contributed by atoms with Crippen LogP contribution >= 0.6 is 0 Å². The summed E-state index contributed by atoms with van der Waals surface area (Å²) >= 11 is 0. The van der Waals surface area contributed by atoms with E-state index >= 15 is 0 Å². The minimum Gasteiger partial charge on any atom is -0.355 e. The molecule has 1 aromatic heterocycles. The van der Waals surface area contributed by atoms with E-state index in [0.29, 0.717) is 5.76 Å². The van der Waals surface area contributed by atoms with Crippen LogP contribution in [0.4, 0.5) is 0 Å². The highest BCUT2D eigenvalue weighted by Crippen LogP contribution is 2.32. The molecule has 1 aliphatic carbocycles. The molecule has 1 aromatic carbocycles. The van der Waals surface area contributed by atoms with Gasteiger partial charge in [0.2, 0.25) is 11.8 Å². The van der Waals surface area contributed by atoms with Gasteiger partial charge in [0.25, 0.3) is 5.91 Å². The highest BCUT2D eigenvalue weighted by Gasteiger charge is 2.45. The van der Waals surface area contributed by atoms with Crippen LogP contribution in [0.15, 0.2) is 40.9 Å². The fraction of sp³-hybridized carbons (Fsp3) is 0.294. The van der Waals surface area contributed by atoms with Crippen molar-refractivity contribution in [2.24, 2.45) is 0 Å². The topological polar surface area (TPSA) is 92.5 Å². The van der Waals surface area contributed by atoms with Crippen molar-refractivity contribution in [3.63, 3.8) is 0 Å². The van der Waals surface area contributed by atoms with E-state index in [9.17, 15) is 14.4 Å². The largest absolute Gasteiger partial charge is 0.355 e. The van der Waals surface area contributed by atoms with Crippen LogP contribution in [0.25, 0.3) is 11.3 Å². The highest BCUT2D eigenvalue weighted by atomic mass is 16.5. The summed E-state index contributed by atoms with van der Waals surface area (Å²) in [5.41, 5.74) is 0.962.